The minimum atomic E-state index is -0.723. The zero-order valence-corrected chi connectivity index (χ0v) is 9.71. The van der Waals surface area contributed by atoms with Crippen LogP contribution in [0.4, 0.5) is 0 Å². The molecule has 2 heteroatoms. The Kier molecular flexibility index (Phi) is 2.32. The second-order valence-corrected chi connectivity index (χ2v) is 3.65. The van der Waals surface area contributed by atoms with E-state index in [2.05, 4.69) is 11.9 Å². The predicted octanol–water partition coefficient (Wildman–Crippen LogP) is 3.13. The summed E-state index contributed by atoms with van der Waals surface area (Å²) in [4.78, 5) is 12.2. The number of carbonyl (C=O) groups is 1. The van der Waals surface area contributed by atoms with E-state index in [0.29, 0.717) is 5.57 Å². The standard InChI is InChI=1S/C16H15NO/c1-13(14-8-4-2-5-9-14)12-17-16(18)15-10-6-3-7-11-15/h2-11H,1,12H2,(H,17,18)/i3D,6D,7D,10D,11D. The minimum absolute atomic E-state index is 0.116. The van der Waals surface area contributed by atoms with Crippen LogP contribution < -0.4 is 5.32 Å². The van der Waals surface area contributed by atoms with Crippen LogP contribution in [0.2, 0.25) is 0 Å². The zero-order valence-electron chi connectivity index (χ0n) is 14.7. The third-order valence-corrected chi connectivity index (χ3v) is 2.37. The van der Waals surface area contributed by atoms with Crippen molar-refractivity contribution in [2.75, 3.05) is 6.54 Å². The largest absolute Gasteiger partial charge is 0.348 e. The molecule has 0 atom stereocenters. The molecule has 0 bridgehead atoms. The molecule has 2 rings (SSSR count). The number of benzene rings is 2. The first-order chi connectivity index (χ1) is 10.8. The molecule has 0 radical (unpaired) electrons. The second-order valence-electron chi connectivity index (χ2n) is 3.65. The molecule has 0 saturated carbocycles. The Hall–Kier alpha value is -2.35. The van der Waals surface area contributed by atoms with Crippen LogP contribution >= 0.6 is 0 Å². The Morgan fingerprint density at radius 1 is 1.11 bits per heavy atom. The third kappa shape index (κ3) is 3.08. The molecular formula is C16H15NO. The average molecular weight is 242 g/mol. The number of hydrogen-bond acceptors (Lipinski definition) is 1. The Labute approximate surface area is 114 Å². The first-order valence-electron chi connectivity index (χ1n) is 7.93. The van der Waals surface area contributed by atoms with E-state index in [-0.39, 0.29) is 12.1 Å². The quantitative estimate of drug-likeness (QED) is 0.876. The monoisotopic (exact) mass is 242 g/mol. The maximum absolute atomic E-state index is 12.2. The molecule has 1 amide bonds. The van der Waals surface area contributed by atoms with Crippen LogP contribution in [-0.4, -0.2) is 12.5 Å². The van der Waals surface area contributed by atoms with Crippen LogP contribution in [0.3, 0.4) is 0 Å². The van der Waals surface area contributed by atoms with Gasteiger partial charge in [0.1, 0.15) is 0 Å². The Balaban J connectivity index is 2.21. The van der Waals surface area contributed by atoms with E-state index >= 15 is 0 Å². The minimum Gasteiger partial charge on any atom is -0.348 e. The van der Waals surface area contributed by atoms with E-state index in [1.165, 1.54) is 0 Å². The molecular weight excluding hydrogens is 222 g/mol. The van der Waals surface area contributed by atoms with Gasteiger partial charge in [-0.2, -0.15) is 0 Å². The molecule has 18 heavy (non-hydrogen) atoms. The molecule has 2 nitrogen and oxygen atoms in total. The lowest BCUT2D eigenvalue weighted by atomic mass is 10.1. The van der Waals surface area contributed by atoms with Crippen LogP contribution in [0, 0.1) is 0 Å². The van der Waals surface area contributed by atoms with E-state index < -0.39 is 36.1 Å². The molecule has 0 aliphatic rings. The van der Waals surface area contributed by atoms with Crippen molar-refractivity contribution in [3.05, 3.63) is 78.2 Å². The Morgan fingerprint density at radius 3 is 2.44 bits per heavy atom. The van der Waals surface area contributed by atoms with E-state index in [1.807, 2.05) is 30.3 Å². The van der Waals surface area contributed by atoms with Gasteiger partial charge in [0, 0.05) is 12.1 Å². The molecule has 0 fully saturated rings. The van der Waals surface area contributed by atoms with E-state index in [4.69, 9.17) is 6.85 Å². The lowest BCUT2D eigenvalue weighted by Gasteiger charge is -2.08. The molecule has 0 unspecified atom stereocenters. The molecule has 0 spiro atoms. The number of amides is 1. The van der Waals surface area contributed by atoms with Gasteiger partial charge in [0.25, 0.3) is 5.91 Å². The van der Waals surface area contributed by atoms with Gasteiger partial charge in [-0.1, -0.05) is 55.0 Å². The van der Waals surface area contributed by atoms with Gasteiger partial charge in [0.05, 0.1) is 6.85 Å². The molecule has 0 aromatic heterocycles. The summed E-state index contributed by atoms with van der Waals surface area (Å²) in [6.45, 7) is 3.99. The highest BCUT2D eigenvalue weighted by Gasteiger charge is 2.04. The first-order valence-corrected chi connectivity index (χ1v) is 5.43. The number of nitrogens with one attached hydrogen (secondary N) is 1. The highest BCUT2D eigenvalue weighted by Crippen LogP contribution is 2.10. The van der Waals surface area contributed by atoms with Crippen LogP contribution in [0.15, 0.2) is 67.1 Å². The zero-order chi connectivity index (χ0) is 17.1. The van der Waals surface area contributed by atoms with Crippen molar-refractivity contribution < 1.29 is 11.6 Å². The van der Waals surface area contributed by atoms with Gasteiger partial charge in [-0.15, -0.1) is 0 Å². The third-order valence-electron chi connectivity index (χ3n) is 2.37. The van der Waals surface area contributed by atoms with Crippen molar-refractivity contribution in [2.45, 2.75) is 0 Å². The van der Waals surface area contributed by atoms with E-state index in [9.17, 15) is 4.79 Å². The van der Waals surface area contributed by atoms with Crippen molar-refractivity contribution in [3.8, 4) is 0 Å². The second kappa shape index (κ2) is 5.82. The lowest BCUT2D eigenvalue weighted by molar-refractivity contribution is 0.0958. The molecule has 90 valence electrons. The summed E-state index contributed by atoms with van der Waals surface area (Å²) in [6.07, 6.45) is 0. The molecule has 0 aliphatic heterocycles. The maximum Gasteiger partial charge on any atom is 0.251 e. The van der Waals surface area contributed by atoms with Gasteiger partial charge in [0.15, 0.2) is 0 Å². The summed E-state index contributed by atoms with van der Waals surface area (Å²) < 4.78 is 38.2. The van der Waals surface area contributed by atoms with Gasteiger partial charge >= 0.3 is 0 Å². The highest BCUT2D eigenvalue weighted by atomic mass is 16.1. The van der Waals surface area contributed by atoms with E-state index in [1.54, 1.807) is 0 Å². The van der Waals surface area contributed by atoms with Gasteiger partial charge in [0.2, 0.25) is 0 Å². The summed E-state index contributed by atoms with van der Waals surface area (Å²) in [6, 6.07) is 6.63. The molecule has 0 heterocycles. The van der Waals surface area contributed by atoms with Crippen LogP contribution in [0.1, 0.15) is 22.8 Å². The van der Waals surface area contributed by atoms with Crippen molar-refractivity contribution in [3.63, 3.8) is 0 Å². The fourth-order valence-corrected chi connectivity index (χ4v) is 1.41. The molecule has 0 aliphatic carbocycles. The Morgan fingerprint density at radius 2 is 1.78 bits per heavy atom. The van der Waals surface area contributed by atoms with Crippen LogP contribution in [-0.2, 0) is 0 Å². The number of carbonyl (C=O) groups excluding carboxylic acids is 1. The van der Waals surface area contributed by atoms with Gasteiger partial charge in [-0.3, -0.25) is 4.79 Å². The normalized spacial score (nSPS) is 13.7. The molecule has 2 aromatic rings. The van der Waals surface area contributed by atoms with Gasteiger partial charge in [-0.05, 0) is 23.2 Å². The predicted molar refractivity (Wildman–Crippen MR) is 74.3 cm³/mol. The highest BCUT2D eigenvalue weighted by molar-refractivity contribution is 5.94. The fraction of sp³-hybridized carbons (Fsp3) is 0.0625. The maximum atomic E-state index is 12.2. The smallest absolute Gasteiger partial charge is 0.251 e. The van der Waals surface area contributed by atoms with Crippen LogP contribution in [0.5, 0.6) is 0 Å². The summed E-state index contributed by atoms with van der Waals surface area (Å²) in [5.41, 5.74) is 1.15. The summed E-state index contributed by atoms with van der Waals surface area (Å²) in [5, 5.41) is 2.55. The molecule has 0 saturated heterocycles. The summed E-state index contributed by atoms with van der Waals surface area (Å²) in [7, 11) is 0. The van der Waals surface area contributed by atoms with Crippen molar-refractivity contribution in [1.82, 2.24) is 5.32 Å². The molecule has 1 N–H and O–H groups in total. The van der Waals surface area contributed by atoms with Crippen molar-refractivity contribution in [1.29, 1.82) is 0 Å². The SMILES string of the molecule is [2H]c1c([2H])c([2H])c(C(=O)NCC(=C)c2ccccc2)c([2H])c1[2H]. The average Bonchev–Trinajstić information content (AvgIpc) is 2.57. The van der Waals surface area contributed by atoms with Crippen molar-refractivity contribution in [2.24, 2.45) is 0 Å². The number of hydrogen-bond donors (Lipinski definition) is 1. The van der Waals surface area contributed by atoms with Gasteiger partial charge in [-0.25, -0.2) is 0 Å². The van der Waals surface area contributed by atoms with Crippen LogP contribution in [0.25, 0.3) is 5.57 Å². The summed E-state index contributed by atoms with van der Waals surface area (Å²) >= 11 is 0. The van der Waals surface area contributed by atoms with Gasteiger partial charge < -0.3 is 5.32 Å². The fourth-order valence-electron chi connectivity index (χ4n) is 1.41. The summed E-state index contributed by atoms with van der Waals surface area (Å²) in [5.74, 6) is -0.723. The number of rotatable bonds is 4. The topological polar surface area (TPSA) is 29.1 Å². The lowest BCUT2D eigenvalue weighted by Crippen LogP contribution is -2.24. The van der Waals surface area contributed by atoms with E-state index in [0.717, 1.165) is 5.56 Å². The molecule has 2 aromatic carbocycles. The Bertz CT molecular complexity index is 745. The van der Waals surface area contributed by atoms with Crippen molar-refractivity contribution >= 4 is 11.5 Å². The first kappa shape index (κ1) is 7.17.